The molecule has 0 amide bonds. The molecule has 1 nitrogen and oxygen atoms in total. The number of aryl methyl sites for hydroxylation is 2. The van der Waals surface area contributed by atoms with Gasteiger partial charge in [0.1, 0.15) is 0 Å². The van der Waals surface area contributed by atoms with Crippen molar-refractivity contribution in [2.24, 2.45) is 0 Å². The van der Waals surface area contributed by atoms with Gasteiger partial charge in [-0.2, -0.15) is 0 Å². The molecule has 0 aliphatic heterocycles. The third kappa shape index (κ3) is 6.48. The maximum Gasteiger partial charge on any atom is -0.00519 e. The Kier molecular flexibility index (Phi) is 7.74. The molecule has 0 heterocycles. The average Bonchev–Trinajstić information content (AvgIpc) is 2.37. The lowest BCUT2D eigenvalue weighted by molar-refractivity contribution is 0.642. The fourth-order valence-electron chi connectivity index (χ4n) is 2.06. The summed E-state index contributed by atoms with van der Waals surface area (Å²) in [6.07, 6.45) is 9.01. The molecule has 0 radical (unpaired) electrons. The first-order valence-corrected chi connectivity index (χ1v) is 7.09. The summed E-state index contributed by atoms with van der Waals surface area (Å²) in [5, 5.41) is 3.19. The van der Waals surface area contributed by atoms with Crippen LogP contribution < -0.4 is 5.32 Å². The van der Waals surface area contributed by atoms with E-state index < -0.39 is 0 Å². The minimum atomic E-state index is 1.15. The fourth-order valence-corrected chi connectivity index (χ4v) is 2.06. The first kappa shape index (κ1) is 14.2. The Bertz CT molecular complexity index is 276. The average molecular weight is 233 g/mol. The van der Waals surface area contributed by atoms with Gasteiger partial charge in [-0.3, -0.25) is 0 Å². The molecule has 0 saturated heterocycles. The van der Waals surface area contributed by atoms with Gasteiger partial charge in [0.05, 0.1) is 0 Å². The minimum Gasteiger partial charge on any atom is -0.320 e. The highest BCUT2D eigenvalue weighted by molar-refractivity contribution is 5.22. The molecule has 0 aliphatic carbocycles. The van der Waals surface area contributed by atoms with Gasteiger partial charge in [0.2, 0.25) is 0 Å². The van der Waals surface area contributed by atoms with Gasteiger partial charge in [-0.15, -0.1) is 0 Å². The quantitative estimate of drug-likeness (QED) is 0.637. The van der Waals surface area contributed by atoms with Crippen LogP contribution in [-0.2, 0) is 12.8 Å². The van der Waals surface area contributed by atoms with E-state index in [0.717, 1.165) is 6.54 Å². The number of nitrogens with one attached hydrogen (secondary N) is 1. The van der Waals surface area contributed by atoms with Crippen molar-refractivity contribution in [2.75, 3.05) is 13.6 Å². The second-order valence-electron chi connectivity index (χ2n) is 4.83. The summed E-state index contributed by atoms with van der Waals surface area (Å²) in [5.74, 6) is 0. The van der Waals surface area contributed by atoms with Crippen molar-refractivity contribution in [1.82, 2.24) is 5.32 Å². The molecule has 0 atom stereocenters. The Morgan fingerprint density at radius 1 is 0.824 bits per heavy atom. The Morgan fingerprint density at radius 3 is 1.94 bits per heavy atom. The fraction of sp³-hybridized carbons (Fsp3) is 0.625. The largest absolute Gasteiger partial charge is 0.320 e. The summed E-state index contributed by atoms with van der Waals surface area (Å²) >= 11 is 0. The number of rotatable bonds is 9. The highest BCUT2D eigenvalue weighted by Gasteiger charge is 1.95. The topological polar surface area (TPSA) is 12.0 Å². The van der Waals surface area contributed by atoms with Crippen molar-refractivity contribution in [3.05, 3.63) is 35.4 Å². The summed E-state index contributed by atoms with van der Waals surface area (Å²) in [5.41, 5.74) is 2.99. The zero-order chi connectivity index (χ0) is 12.3. The van der Waals surface area contributed by atoms with Crippen molar-refractivity contribution < 1.29 is 0 Å². The maximum atomic E-state index is 3.19. The molecular formula is C16H27N. The van der Waals surface area contributed by atoms with Gasteiger partial charge in [0.25, 0.3) is 0 Å². The molecule has 0 bridgehead atoms. The van der Waals surface area contributed by atoms with Crippen molar-refractivity contribution in [3.63, 3.8) is 0 Å². The van der Waals surface area contributed by atoms with Crippen molar-refractivity contribution in [1.29, 1.82) is 0 Å². The Hall–Kier alpha value is -0.820. The van der Waals surface area contributed by atoms with Crippen molar-refractivity contribution in [2.45, 2.75) is 51.9 Å². The van der Waals surface area contributed by atoms with E-state index in [9.17, 15) is 0 Å². The molecule has 0 spiro atoms. The van der Waals surface area contributed by atoms with Crippen LogP contribution in [0.2, 0.25) is 0 Å². The van der Waals surface area contributed by atoms with E-state index >= 15 is 0 Å². The van der Waals surface area contributed by atoms with Gasteiger partial charge in [0, 0.05) is 0 Å². The zero-order valence-electron chi connectivity index (χ0n) is 11.5. The zero-order valence-corrected chi connectivity index (χ0v) is 11.5. The van der Waals surface area contributed by atoms with E-state index in [0.29, 0.717) is 0 Å². The van der Waals surface area contributed by atoms with Gasteiger partial charge < -0.3 is 5.32 Å². The Labute approximate surface area is 107 Å². The van der Waals surface area contributed by atoms with Crippen LogP contribution in [0.4, 0.5) is 0 Å². The molecule has 1 heteroatoms. The first-order valence-electron chi connectivity index (χ1n) is 7.09. The lowest BCUT2D eigenvalue weighted by Gasteiger charge is -2.04. The van der Waals surface area contributed by atoms with E-state index in [2.05, 4.69) is 36.5 Å². The number of unbranched alkanes of at least 4 members (excludes halogenated alkanes) is 3. The lowest BCUT2D eigenvalue weighted by Crippen LogP contribution is -2.07. The maximum absolute atomic E-state index is 3.19. The summed E-state index contributed by atoms with van der Waals surface area (Å²) in [6, 6.07) is 9.23. The van der Waals surface area contributed by atoms with Gasteiger partial charge in [0.15, 0.2) is 0 Å². The summed E-state index contributed by atoms with van der Waals surface area (Å²) in [4.78, 5) is 0. The predicted molar refractivity (Wildman–Crippen MR) is 76.5 cm³/mol. The van der Waals surface area contributed by atoms with Crippen LogP contribution in [0.5, 0.6) is 0 Å². The number of hydrogen-bond donors (Lipinski definition) is 1. The van der Waals surface area contributed by atoms with Crippen LogP contribution in [-0.4, -0.2) is 13.6 Å². The third-order valence-corrected chi connectivity index (χ3v) is 3.23. The molecule has 0 aromatic heterocycles. The van der Waals surface area contributed by atoms with E-state index in [1.165, 1.54) is 56.1 Å². The first-order chi connectivity index (χ1) is 8.36. The van der Waals surface area contributed by atoms with Crippen molar-refractivity contribution >= 4 is 0 Å². The number of benzene rings is 1. The molecule has 0 unspecified atom stereocenters. The summed E-state index contributed by atoms with van der Waals surface area (Å²) in [7, 11) is 2.02. The second-order valence-corrected chi connectivity index (χ2v) is 4.83. The standard InChI is InChI=1S/C16H27N/c1-3-4-8-15-10-12-16(13-11-15)9-6-5-7-14-17-2/h10-13,17H,3-9,14H2,1-2H3. The number of hydrogen-bond acceptors (Lipinski definition) is 1. The molecule has 1 rings (SSSR count). The van der Waals surface area contributed by atoms with Crippen LogP contribution >= 0.6 is 0 Å². The van der Waals surface area contributed by atoms with Gasteiger partial charge >= 0.3 is 0 Å². The molecule has 0 aliphatic rings. The van der Waals surface area contributed by atoms with Crippen LogP contribution in [0, 0.1) is 0 Å². The Balaban J connectivity index is 2.20. The predicted octanol–water partition coefficient (Wildman–Crippen LogP) is 3.96. The monoisotopic (exact) mass is 233 g/mol. The molecular weight excluding hydrogens is 206 g/mol. The van der Waals surface area contributed by atoms with E-state index in [1.807, 2.05) is 7.05 Å². The molecule has 96 valence electrons. The van der Waals surface area contributed by atoms with E-state index in [-0.39, 0.29) is 0 Å². The van der Waals surface area contributed by atoms with Crippen molar-refractivity contribution in [3.8, 4) is 0 Å². The van der Waals surface area contributed by atoms with Crippen LogP contribution in [0.3, 0.4) is 0 Å². The van der Waals surface area contributed by atoms with E-state index in [1.54, 1.807) is 0 Å². The third-order valence-electron chi connectivity index (χ3n) is 3.23. The summed E-state index contributed by atoms with van der Waals surface area (Å²) < 4.78 is 0. The highest BCUT2D eigenvalue weighted by atomic mass is 14.8. The molecule has 17 heavy (non-hydrogen) atoms. The van der Waals surface area contributed by atoms with Gasteiger partial charge in [-0.05, 0) is 56.8 Å². The molecule has 0 saturated carbocycles. The normalized spacial score (nSPS) is 10.7. The smallest absolute Gasteiger partial charge is 0.00519 e. The molecule has 1 aromatic carbocycles. The van der Waals surface area contributed by atoms with Crippen LogP contribution in [0.15, 0.2) is 24.3 Å². The van der Waals surface area contributed by atoms with Gasteiger partial charge in [-0.1, -0.05) is 44.0 Å². The van der Waals surface area contributed by atoms with Crippen LogP contribution in [0.1, 0.15) is 50.2 Å². The highest BCUT2D eigenvalue weighted by Crippen LogP contribution is 2.10. The van der Waals surface area contributed by atoms with E-state index in [4.69, 9.17) is 0 Å². The summed E-state index contributed by atoms with van der Waals surface area (Å²) in [6.45, 7) is 3.40. The lowest BCUT2D eigenvalue weighted by atomic mass is 10.0. The van der Waals surface area contributed by atoms with Gasteiger partial charge in [-0.25, -0.2) is 0 Å². The second kappa shape index (κ2) is 9.23. The van der Waals surface area contributed by atoms with Crippen LogP contribution in [0.25, 0.3) is 0 Å². The SMILES string of the molecule is CCCCc1ccc(CCCCCNC)cc1. The molecule has 1 N–H and O–H groups in total. The Morgan fingerprint density at radius 2 is 1.41 bits per heavy atom. The minimum absolute atomic E-state index is 1.15. The molecule has 0 fully saturated rings. The molecule has 1 aromatic rings.